The second kappa shape index (κ2) is 11.9. The molecular weight excluding hydrogens is 474 g/mol. The molecule has 1 unspecified atom stereocenters. The zero-order valence-electron chi connectivity index (χ0n) is 20.1. The minimum atomic E-state index is -1.23. The monoisotopic (exact) mass is 505 g/mol. The summed E-state index contributed by atoms with van der Waals surface area (Å²) in [7, 11) is 0. The Bertz CT molecular complexity index is 1270. The summed E-state index contributed by atoms with van der Waals surface area (Å²) < 4.78 is 14.7. The Morgan fingerprint density at radius 3 is 2.58 bits per heavy atom. The number of imidazole rings is 1. The van der Waals surface area contributed by atoms with Gasteiger partial charge in [0.15, 0.2) is 17.4 Å². The van der Waals surface area contributed by atoms with Crippen LogP contribution in [0.1, 0.15) is 13.8 Å². The van der Waals surface area contributed by atoms with Gasteiger partial charge in [0.2, 0.25) is 0 Å². The second-order valence-electron chi connectivity index (χ2n) is 7.93. The van der Waals surface area contributed by atoms with Gasteiger partial charge in [-0.15, -0.1) is 0 Å². The van der Waals surface area contributed by atoms with Gasteiger partial charge in [-0.2, -0.15) is 0 Å². The van der Waals surface area contributed by atoms with E-state index in [1.807, 2.05) is 0 Å². The number of aryl methyl sites for hydroxylation is 1. The molecule has 1 aliphatic heterocycles. The highest BCUT2D eigenvalue weighted by Crippen LogP contribution is 2.19. The molecule has 0 amide bonds. The number of nitrogens with one attached hydrogen (secondary N) is 1. The van der Waals surface area contributed by atoms with Crippen LogP contribution in [0.4, 0.5) is 0 Å². The highest BCUT2D eigenvalue weighted by molar-refractivity contribution is 5.91. The van der Waals surface area contributed by atoms with E-state index >= 15 is 0 Å². The molecule has 4 N–H and O–H groups in total. The van der Waals surface area contributed by atoms with E-state index in [0.717, 1.165) is 4.57 Å². The Hall–Kier alpha value is -3.52. The summed E-state index contributed by atoms with van der Waals surface area (Å²) in [5.41, 5.74) is -0.187. The number of fused-ring (bicyclic) bond motifs is 1. The van der Waals surface area contributed by atoms with Crippen LogP contribution >= 0.6 is 0 Å². The molecule has 1 aliphatic rings. The number of rotatable bonds is 11. The number of aliphatic hydroxyl groups is 3. The largest absolute Gasteiger partial charge is 0.460 e. The van der Waals surface area contributed by atoms with Gasteiger partial charge in [-0.25, -0.2) is 14.6 Å². The van der Waals surface area contributed by atoms with Gasteiger partial charge in [0.05, 0.1) is 25.1 Å². The van der Waals surface area contributed by atoms with Crippen molar-refractivity contribution in [3.05, 3.63) is 63.7 Å². The van der Waals surface area contributed by atoms with Crippen molar-refractivity contribution in [1.82, 2.24) is 24.0 Å². The first-order valence-electron chi connectivity index (χ1n) is 11.5. The minimum Gasteiger partial charge on any atom is -0.460 e. The van der Waals surface area contributed by atoms with E-state index in [4.69, 9.17) is 14.6 Å². The fourth-order valence-electron chi connectivity index (χ4n) is 3.85. The van der Waals surface area contributed by atoms with Gasteiger partial charge in [-0.3, -0.25) is 13.9 Å². The number of hydrogen-bond donors (Lipinski definition) is 4. The molecule has 2 aromatic rings. The smallest absolute Gasteiger partial charge is 0.338 e. The number of aromatic nitrogens is 4. The predicted molar refractivity (Wildman–Crippen MR) is 129 cm³/mol. The summed E-state index contributed by atoms with van der Waals surface area (Å²) in [4.78, 5) is 41.9. The zero-order chi connectivity index (χ0) is 26.4. The topological polar surface area (TPSA) is 170 Å². The number of carbonyl (C=O) groups is 1. The average molecular weight is 506 g/mol. The van der Waals surface area contributed by atoms with Crippen molar-refractivity contribution in [2.45, 2.75) is 58.0 Å². The fraction of sp³-hybridized carbons (Fsp3) is 0.478. The number of carbonyl (C=O) groups excluding carboxylic acids is 1. The van der Waals surface area contributed by atoms with E-state index in [1.54, 1.807) is 18.4 Å². The molecule has 13 nitrogen and oxygen atoms in total. The Morgan fingerprint density at radius 2 is 1.97 bits per heavy atom. The molecule has 0 spiro atoms. The van der Waals surface area contributed by atoms with E-state index in [9.17, 15) is 24.6 Å². The van der Waals surface area contributed by atoms with Gasteiger partial charge < -0.3 is 34.7 Å². The molecule has 0 bridgehead atoms. The molecule has 1 saturated heterocycles. The Kier molecular flexibility index (Phi) is 8.98. The zero-order valence-corrected chi connectivity index (χ0v) is 20.1. The highest BCUT2D eigenvalue weighted by Gasteiger charge is 2.41. The lowest BCUT2D eigenvalue weighted by molar-refractivity contribution is -0.138. The van der Waals surface area contributed by atoms with Crippen molar-refractivity contribution in [3.8, 4) is 0 Å². The molecule has 2 aromatic heterocycles. The van der Waals surface area contributed by atoms with Crippen LogP contribution in [0.25, 0.3) is 11.2 Å². The number of aliphatic hydroxyl groups excluding tert-OH is 3. The van der Waals surface area contributed by atoms with Crippen LogP contribution < -0.4 is 16.6 Å². The van der Waals surface area contributed by atoms with E-state index in [2.05, 4.69) is 16.9 Å². The molecule has 0 radical (unpaired) electrons. The maximum Gasteiger partial charge on any atom is 0.338 e. The van der Waals surface area contributed by atoms with Crippen molar-refractivity contribution < 1.29 is 29.6 Å². The first-order chi connectivity index (χ1) is 17.3. The van der Waals surface area contributed by atoms with Crippen molar-refractivity contribution >= 4 is 17.1 Å². The van der Waals surface area contributed by atoms with E-state index in [-0.39, 0.29) is 36.4 Å². The number of ether oxygens (including phenoxy) is 2. The number of hydrogen-bond acceptors (Lipinski definition) is 10. The lowest BCUT2D eigenvalue weighted by atomic mass is 10.1. The third-order valence-electron chi connectivity index (χ3n) is 5.81. The molecule has 3 heterocycles. The highest BCUT2D eigenvalue weighted by atomic mass is 16.6. The van der Waals surface area contributed by atoms with Crippen LogP contribution in [-0.4, -0.2) is 77.7 Å². The van der Waals surface area contributed by atoms with Crippen LogP contribution in [0.5, 0.6) is 0 Å². The van der Waals surface area contributed by atoms with Gasteiger partial charge in [0.1, 0.15) is 24.9 Å². The van der Waals surface area contributed by atoms with Crippen molar-refractivity contribution in [3.63, 3.8) is 0 Å². The van der Waals surface area contributed by atoms with Gasteiger partial charge >= 0.3 is 11.7 Å². The molecule has 0 aliphatic carbocycles. The lowest BCUT2D eigenvalue weighted by Gasteiger charge is -2.14. The molecular formula is C23H31N5O8. The number of nitrogens with zero attached hydrogens (tertiary/aromatic N) is 4. The van der Waals surface area contributed by atoms with Gasteiger partial charge in [-0.05, 0) is 32.2 Å². The molecule has 0 aromatic carbocycles. The maximum atomic E-state index is 12.8. The predicted octanol–water partition coefficient (Wildman–Crippen LogP) is -1.40. The summed E-state index contributed by atoms with van der Waals surface area (Å²) in [6.45, 7) is 7.32. The minimum absolute atomic E-state index is 0.0587. The van der Waals surface area contributed by atoms with Gasteiger partial charge in [0.25, 0.3) is 5.56 Å². The standard InChI is InChI=1S/C23H31N5O8/c1-4-14(8-7-9-24-20-18(31)17(30)15(12-29)36-20)22(33)35-11-10-26-13-25-19-16(26)21(32)28(6-3)23(34)27(19)5-2/h4,7-9,13,15,17-18,20,24,29-31H,1,5-6,10-12H2,2-3H3/b9-7-,14-8+/t15-,17-,18-,20?/m1/s1. The van der Waals surface area contributed by atoms with Crippen molar-refractivity contribution in [2.75, 3.05) is 13.2 Å². The molecule has 13 heteroatoms. The van der Waals surface area contributed by atoms with Crippen LogP contribution in [0.3, 0.4) is 0 Å². The SMILES string of the molecule is C=C/C(=C\C=C/NC1O[C@H](CO)[C@@H](O)[C@H]1O)C(=O)OCCn1cnc2c1c(=O)n(CC)c(=O)n2CC. The van der Waals surface area contributed by atoms with Crippen LogP contribution in [0.2, 0.25) is 0 Å². The Morgan fingerprint density at radius 1 is 1.25 bits per heavy atom. The summed E-state index contributed by atoms with van der Waals surface area (Å²) in [5.74, 6) is -0.650. The quantitative estimate of drug-likeness (QED) is 0.162. The molecule has 4 atom stereocenters. The molecule has 196 valence electrons. The summed E-state index contributed by atoms with van der Waals surface area (Å²) >= 11 is 0. The third-order valence-corrected chi connectivity index (χ3v) is 5.81. The molecule has 0 saturated carbocycles. The molecule has 3 rings (SSSR count). The van der Waals surface area contributed by atoms with Gasteiger partial charge in [-0.1, -0.05) is 12.7 Å². The first-order valence-corrected chi connectivity index (χ1v) is 11.5. The first kappa shape index (κ1) is 27.1. The second-order valence-corrected chi connectivity index (χ2v) is 7.93. The van der Waals surface area contributed by atoms with Crippen LogP contribution in [0, 0.1) is 0 Å². The summed E-state index contributed by atoms with van der Waals surface area (Å²) in [5, 5.41) is 31.5. The van der Waals surface area contributed by atoms with E-state index < -0.39 is 48.4 Å². The normalized spacial score (nSPS) is 22.4. The summed E-state index contributed by atoms with van der Waals surface area (Å²) in [6, 6.07) is 0. The fourth-order valence-corrected chi connectivity index (χ4v) is 3.85. The third kappa shape index (κ3) is 5.33. The lowest BCUT2D eigenvalue weighted by Crippen LogP contribution is -2.40. The number of esters is 1. The van der Waals surface area contributed by atoms with E-state index in [1.165, 1.54) is 35.3 Å². The molecule has 1 fully saturated rings. The summed E-state index contributed by atoms with van der Waals surface area (Å²) in [6.07, 6.45) is 2.77. The maximum absolute atomic E-state index is 12.8. The Balaban J connectivity index is 1.62. The average Bonchev–Trinajstić information content (AvgIpc) is 3.40. The van der Waals surface area contributed by atoms with Crippen molar-refractivity contribution in [2.24, 2.45) is 0 Å². The van der Waals surface area contributed by atoms with E-state index in [0.29, 0.717) is 6.54 Å². The van der Waals surface area contributed by atoms with Gasteiger partial charge in [0, 0.05) is 13.1 Å². The van der Waals surface area contributed by atoms with Crippen LogP contribution in [0.15, 0.2) is 52.5 Å². The van der Waals surface area contributed by atoms with Crippen molar-refractivity contribution in [1.29, 1.82) is 0 Å². The molecule has 36 heavy (non-hydrogen) atoms. The Labute approximate surface area is 206 Å². The number of allylic oxidation sites excluding steroid dienone is 2. The van der Waals surface area contributed by atoms with Crippen LogP contribution in [-0.2, 0) is 33.9 Å².